The van der Waals surface area contributed by atoms with Gasteiger partial charge in [-0.05, 0) is 28.1 Å². The number of hydrogen-bond acceptors (Lipinski definition) is 2. The molecule has 0 saturated carbocycles. The van der Waals surface area contributed by atoms with Crippen molar-refractivity contribution in [2.75, 3.05) is 13.6 Å². The number of rotatable bonds is 3. The summed E-state index contributed by atoms with van der Waals surface area (Å²) < 4.78 is 13.3. The number of benzene rings is 1. The number of amides is 1. The Morgan fingerprint density at radius 1 is 1.62 bits per heavy atom. The molecule has 0 spiro atoms. The van der Waals surface area contributed by atoms with E-state index in [1.165, 1.54) is 23.1 Å². The molecule has 3 nitrogen and oxygen atoms in total. The number of likely N-dealkylation sites (N-methyl/N-ethyl adjacent to an activating group) is 1. The van der Waals surface area contributed by atoms with Crippen molar-refractivity contribution in [1.29, 1.82) is 0 Å². The topological polar surface area (TPSA) is 46.3 Å². The van der Waals surface area contributed by atoms with Crippen LogP contribution in [0.25, 0.3) is 0 Å². The zero-order valence-corrected chi connectivity index (χ0v) is 10.9. The van der Waals surface area contributed by atoms with Crippen LogP contribution in [0.3, 0.4) is 0 Å². The molecule has 1 aromatic carbocycles. The summed E-state index contributed by atoms with van der Waals surface area (Å²) in [5.74, 6) is -0.811. The van der Waals surface area contributed by atoms with Crippen molar-refractivity contribution in [2.45, 2.75) is 0 Å². The van der Waals surface area contributed by atoms with Crippen molar-refractivity contribution in [3.63, 3.8) is 0 Å². The van der Waals surface area contributed by atoms with E-state index in [0.717, 1.165) is 0 Å². The first-order valence-corrected chi connectivity index (χ1v) is 5.61. The van der Waals surface area contributed by atoms with Gasteiger partial charge in [-0.3, -0.25) is 4.79 Å². The van der Waals surface area contributed by atoms with Crippen molar-refractivity contribution < 1.29 is 9.18 Å². The van der Waals surface area contributed by atoms with Crippen LogP contribution in [0, 0.1) is 5.82 Å². The van der Waals surface area contributed by atoms with Crippen LogP contribution in [0.2, 0.25) is 0 Å². The van der Waals surface area contributed by atoms with Crippen LogP contribution in [-0.2, 0) is 0 Å². The number of halogens is 2. The summed E-state index contributed by atoms with van der Waals surface area (Å²) in [5, 5.41) is 0. The van der Waals surface area contributed by atoms with E-state index < -0.39 is 5.82 Å². The predicted molar refractivity (Wildman–Crippen MR) is 67.8 cm³/mol. The van der Waals surface area contributed by atoms with Gasteiger partial charge in [0.25, 0.3) is 5.91 Å². The summed E-state index contributed by atoms with van der Waals surface area (Å²) >= 11 is 7.73. The van der Waals surface area contributed by atoms with Gasteiger partial charge in [0.2, 0.25) is 0 Å². The van der Waals surface area contributed by atoms with Gasteiger partial charge in [-0.15, -0.1) is 0 Å². The standard InChI is InChI=1S/C10H10BrFN2OS/c1-14(5-8(13)16)10(15)6-3-2-4-7(12)9(6)11/h2-4H,5H2,1H3,(H2,13,16). The second-order valence-electron chi connectivity index (χ2n) is 3.23. The van der Waals surface area contributed by atoms with Crippen molar-refractivity contribution in [3.8, 4) is 0 Å². The van der Waals surface area contributed by atoms with Crippen molar-refractivity contribution in [1.82, 2.24) is 4.90 Å². The van der Waals surface area contributed by atoms with Gasteiger partial charge in [0.1, 0.15) is 5.82 Å². The summed E-state index contributed by atoms with van der Waals surface area (Å²) in [5.41, 5.74) is 5.58. The Hall–Kier alpha value is -1.01. The largest absolute Gasteiger partial charge is 0.392 e. The molecule has 0 heterocycles. The smallest absolute Gasteiger partial charge is 0.255 e. The number of thiocarbonyl (C=S) groups is 1. The monoisotopic (exact) mass is 304 g/mol. The maximum Gasteiger partial charge on any atom is 0.255 e. The zero-order valence-electron chi connectivity index (χ0n) is 8.54. The molecule has 86 valence electrons. The molecule has 0 fully saturated rings. The fourth-order valence-corrected chi connectivity index (χ4v) is 1.81. The molecule has 0 aromatic heterocycles. The van der Waals surface area contributed by atoms with Crippen LogP contribution in [0.1, 0.15) is 10.4 Å². The van der Waals surface area contributed by atoms with Crippen molar-refractivity contribution in [2.24, 2.45) is 5.73 Å². The first-order valence-electron chi connectivity index (χ1n) is 4.41. The second kappa shape index (κ2) is 5.36. The minimum Gasteiger partial charge on any atom is -0.392 e. The minimum atomic E-state index is -0.477. The molecule has 0 atom stereocenters. The SMILES string of the molecule is CN(CC(N)=S)C(=O)c1cccc(F)c1Br. The van der Waals surface area contributed by atoms with Gasteiger partial charge in [0, 0.05) is 7.05 Å². The lowest BCUT2D eigenvalue weighted by molar-refractivity contribution is 0.0813. The molecular weight excluding hydrogens is 295 g/mol. The highest BCUT2D eigenvalue weighted by atomic mass is 79.9. The van der Waals surface area contributed by atoms with Gasteiger partial charge in [-0.1, -0.05) is 18.3 Å². The first-order chi connectivity index (χ1) is 7.43. The van der Waals surface area contributed by atoms with E-state index in [2.05, 4.69) is 15.9 Å². The van der Waals surface area contributed by atoms with Crippen molar-refractivity contribution >= 4 is 39.0 Å². The summed E-state index contributed by atoms with van der Waals surface area (Å²) in [6.45, 7) is 0.164. The number of nitrogens with two attached hydrogens (primary N) is 1. The van der Waals surface area contributed by atoms with Crippen LogP contribution in [0.15, 0.2) is 22.7 Å². The van der Waals surface area contributed by atoms with E-state index in [1.54, 1.807) is 7.05 Å². The van der Waals surface area contributed by atoms with E-state index >= 15 is 0 Å². The third kappa shape index (κ3) is 2.99. The molecule has 2 N–H and O–H groups in total. The molecule has 1 rings (SSSR count). The number of carbonyl (C=O) groups excluding carboxylic acids is 1. The normalized spacial score (nSPS) is 9.94. The quantitative estimate of drug-likeness (QED) is 0.868. The Kier molecular flexibility index (Phi) is 4.37. The second-order valence-corrected chi connectivity index (χ2v) is 4.55. The lowest BCUT2D eigenvalue weighted by Crippen LogP contribution is -2.34. The highest BCUT2D eigenvalue weighted by molar-refractivity contribution is 9.10. The summed E-state index contributed by atoms with van der Waals surface area (Å²) in [6.07, 6.45) is 0. The molecule has 0 saturated heterocycles. The maximum absolute atomic E-state index is 13.2. The van der Waals surface area contributed by atoms with Crippen LogP contribution in [0.5, 0.6) is 0 Å². The molecule has 0 aliphatic heterocycles. The Labute approximate surface area is 107 Å². The summed E-state index contributed by atoms with van der Waals surface area (Å²) in [6, 6.07) is 4.28. The van der Waals surface area contributed by atoms with Gasteiger partial charge < -0.3 is 10.6 Å². The third-order valence-electron chi connectivity index (χ3n) is 1.92. The van der Waals surface area contributed by atoms with Gasteiger partial charge in [-0.2, -0.15) is 0 Å². The predicted octanol–water partition coefficient (Wildman–Crippen LogP) is 1.95. The number of hydrogen-bond donors (Lipinski definition) is 1. The lowest BCUT2D eigenvalue weighted by Gasteiger charge is -2.17. The number of nitrogens with zero attached hydrogens (tertiary/aromatic N) is 1. The molecule has 0 unspecified atom stereocenters. The highest BCUT2D eigenvalue weighted by Crippen LogP contribution is 2.21. The summed E-state index contributed by atoms with van der Waals surface area (Å²) in [7, 11) is 1.55. The minimum absolute atomic E-state index is 0.148. The van der Waals surface area contributed by atoms with Crippen molar-refractivity contribution in [3.05, 3.63) is 34.1 Å². The van der Waals surface area contributed by atoms with E-state index in [9.17, 15) is 9.18 Å². The summed E-state index contributed by atoms with van der Waals surface area (Å²) in [4.78, 5) is 13.4. The molecule has 0 bridgehead atoms. The molecule has 16 heavy (non-hydrogen) atoms. The zero-order chi connectivity index (χ0) is 12.3. The Bertz CT molecular complexity index is 439. The first kappa shape index (κ1) is 13.1. The fourth-order valence-electron chi connectivity index (χ4n) is 1.18. The molecule has 0 radical (unpaired) electrons. The molecule has 1 amide bonds. The van der Waals surface area contributed by atoms with Gasteiger partial charge in [-0.25, -0.2) is 4.39 Å². The maximum atomic E-state index is 13.2. The van der Waals surface area contributed by atoms with Gasteiger partial charge in [0.05, 0.1) is 21.6 Å². The van der Waals surface area contributed by atoms with E-state index in [-0.39, 0.29) is 27.5 Å². The molecule has 1 aromatic rings. The van der Waals surface area contributed by atoms with E-state index in [1.807, 2.05) is 0 Å². The Morgan fingerprint density at radius 3 is 2.81 bits per heavy atom. The molecule has 0 aliphatic carbocycles. The van der Waals surface area contributed by atoms with E-state index in [0.29, 0.717) is 0 Å². The Morgan fingerprint density at radius 2 is 2.25 bits per heavy atom. The van der Waals surface area contributed by atoms with Crippen LogP contribution >= 0.6 is 28.1 Å². The Balaban J connectivity index is 2.96. The molecule has 6 heteroatoms. The van der Waals surface area contributed by atoms with Gasteiger partial charge >= 0.3 is 0 Å². The lowest BCUT2D eigenvalue weighted by atomic mass is 10.2. The van der Waals surface area contributed by atoms with Gasteiger partial charge in [0.15, 0.2) is 0 Å². The number of carbonyl (C=O) groups is 1. The molecule has 0 aliphatic rings. The molecular formula is C10H10BrFN2OS. The fraction of sp³-hybridized carbons (Fsp3) is 0.200. The van der Waals surface area contributed by atoms with E-state index in [4.69, 9.17) is 18.0 Å². The average Bonchev–Trinajstić information content (AvgIpc) is 2.20. The highest BCUT2D eigenvalue weighted by Gasteiger charge is 2.17. The van der Waals surface area contributed by atoms with Crippen LogP contribution in [0.4, 0.5) is 4.39 Å². The van der Waals surface area contributed by atoms with Crippen LogP contribution < -0.4 is 5.73 Å². The van der Waals surface area contributed by atoms with Crippen LogP contribution in [-0.4, -0.2) is 29.4 Å². The third-order valence-corrected chi connectivity index (χ3v) is 2.86. The average molecular weight is 305 g/mol.